The molecule has 1 aromatic rings. The molecule has 1 atom stereocenters. The van der Waals surface area contributed by atoms with Crippen molar-refractivity contribution in [1.82, 2.24) is 4.72 Å². The molecule has 7 heteroatoms. The van der Waals surface area contributed by atoms with Gasteiger partial charge in [-0.2, -0.15) is 0 Å². The lowest BCUT2D eigenvalue weighted by atomic mass is 10.3. The van der Waals surface area contributed by atoms with Crippen molar-refractivity contribution < 1.29 is 22.3 Å². The van der Waals surface area contributed by atoms with E-state index in [-0.39, 0.29) is 6.54 Å². The van der Waals surface area contributed by atoms with Crippen LogP contribution in [0, 0.1) is 11.6 Å². The van der Waals surface area contributed by atoms with Crippen LogP contribution in [0.3, 0.4) is 0 Å². The van der Waals surface area contributed by atoms with Crippen LogP contribution in [0.4, 0.5) is 8.78 Å². The Morgan fingerprint density at radius 2 is 1.81 bits per heavy atom. The Balaban J connectivity index is 2.98. The van der Waals surface area contributed by atoms with Crippen molar-refractivity contribution in [3.63, 3.8) is 0 Å². The Bertz CT molecular complexity index is 453. The topological polar surface area (TPSA) is 66.4 Å². The molecule has 1 unspecified atom stereocenters. The smallest absolute Gasteiger partial charge is 0.240 e. The van der Waals surface area contributed by atoms with E-state index in [9.17, 15) is 17.2 Å². The maximum absolute atomic E-state index is 12.8. The number of aliphatic hydroxyl groups is 1. The number of benzene rings is 1. The summed E-state index contributed by atoms with van der Waals surface area (Å²) in [6, 6.07) is 1.98. The Labute approximate surface area is 92.0 Å². The lowest BCUT2D eigenvalue weighted by Crippen LogP contribution is -2.30. The van der Waals surface area contributed by atoms with E-state index in [1.165, 1.54) is 6.92 Å². The summed E-state index contributed by atoms with van der Waals surface area (Å²) in [4.78, 5) is -0.509. The number of aliphatic hydroxyl groups excluding tert-OH is 1. The number of nitrogens with one attached hydrogen (secondary N) is 1. The van der Waals surface area contributed by atoms with E-state index >= 15 is 0 Å². The van der Waals surface area contributed by atoms with Gasteiger partial charge in [0, 0.05) is 12.6 Å². The van der Waals surface area contributed by atoms with Crippen LogP contribution in [0.15, 0.2) is 23.1 Å². The molecule has 0 heterocycles. The maximum Gasteiger partial charge on any atom is 0.240 e. The second kappa shape index (κ2) is 4.86. The molecular formula is C9H11F2NO3S. The van der Waals surface area contributed by atoms with Crippen molar-refractivity contribution >= 4 is 10.0 Å². The van der Waals surface area contributed by atoms with E-state index in [0.717, 1.165) is 0 Å². The van der Waals surface area contributed by atoms with Gasteiger partial charge in [-0.15, -0.1) is 0 Å². The first-order chi connectivity index (χ1) is 7.31. The van der Waals surface area contributed by atoms with Crippen LogP contribution in [0.1, 0.15) is 6.92 Å². The molecule has 0 bridgehead atoms. The zero-order valence-electron chi connectivity index (χ0n) is 8.44. The van der Waals surface area contributed by atoms with Gasteiger partial charge in [0.05, 0.1) is 11.0 Å². The molecule has 4 nitrogen and oxygen atoms in total. The molecule has 0 radical (unpaired) electrons. The van der Waals surface area contributed by atoms with Gasteiger partial charge >= 0.3 is 0 Å². The van der Waals surface area contributed by atoms with Crippen LogP contribution in [0.2, 0.25) is 0 Å². The molecule has 90 valence electrons. The van der Waals surface area contributed by atoms with Gasteiger partial charge in [0.25, 0.3) is 0 Å². The average molecular weight is 251 g/mol. The molecule has 1 rings (SSSR count). The highest BCUT2D eigenvalue weighted by Crippen LogP contribution is 2.13. The SMILES string of the molecule is CC(O)CNS(=O)(=O)c1cc(F)cc(F)c1. The number of sulfonamides is 1. The van der Waals surface area contributed by atoms with Crippen LogP contribution >= 0.6 is 0 Å². The number of halogens is 2. The molecule has 0 aromatic heterocycles. The summed E-state index contributed by atoms with van der Waals surface area (Å²) in [6.07, 6.45) is -0.881. The van der Waals surface area contributed by atoms with Crippen molar-refractivity contribution in [2.24, 2.45) is 0 Å². The van der Waals surface area contributed by atoms with Crippen LogP contribution < -0.4 is 4.72 Å². The first-order valence-corrected chi connectivity index (χ1v) is 5.93. The molecule has 0 aliphatic heterocycles. The molecule has 0 saturated heterocycles. The summed E-state index contributed by atoms with van der Waals surface area (Å²) in [5, 5.41) is 8.90. The molecule has 1 aromatic carbocycles. The van der Waals surface area contributed by atoms with Gasteiger partial charge in [-0.3, -0.25) is 0 Å². The first kappa shape index (κ1) is 13.0. The van der Waals surface area contributed by atoms with Crippen LogP contribution in [0.5, 0.6) is 0 Å². The van der Waals surface area contributed by atoms with E-state index in [4.69, 9.17) is 5.11 Å². The summed E-state index contributed by atoms with van der Waals surface area (Å²) >= 11 is 0. The zero-order valence-corrected chi connectivity index (χ0v) is 9.26. The van der Waals surface area contributed by atoms with Crippen LogP contribution in [-0.4, -0.2) is 26.2 Å². The van der Waals surface area contributed by atoms with Crippen LogP contribution in [-0.2, 0) is 10.0 Å². The second-order valence-corrected chi connectivity index (χ2v) is 5.07. The molecule has 0 fully saturated rings. The fourth-order valence-corrected chi connectivity index (χ4v) is 2.16. The van der Waals surface area contributed by atoms with Gasteiger partial charge in [0.1, 0.15) is 11.6 Å². The minimum absolute atomic E-state index is 0.222. The summed E-state index contributed by atoms with van der Waals surface area (Å²) in [5.41, 5.74) is 0. The van der Waals surface area contributed by atoms with Crippen LogP contribution in [0.25, 0.3) is 0 Å². The third-order valence-electron chi connectivity index (χ3n) is 1.72. The summed E-state index contributed by atoms with van der Waals surface area (Å²) in [6.45, 7) is 1.16. The monoisotopic (exact) mass is 251 g/mol. The maximum atomic E-state index is 12.8. The highest BCUT2D eigenvalue weighted by atomic mass is 32.2. The van der Waals surface area contributed by atoms with E-state index < -0.39 is 32.7 Å². The van der Waals surface area contributed by atoms with Crippen molar-refractivity contribution in [3.05, 3.63) is 29.8 Å². The predicted molar refractivity (Wildman–Crippen MR) is 53.2 cm³/mol. The van der Waals surface area contributed by atoms with Crippen molar-refractivity contribution in [1.29, 1.82) is 0 Å². The van der Waals surface area contributed by atoms with Crippen molar-refractivity contribution in [2.75, 3.05) is 6.54 Å². The van der Waals surface area contributed by atoms with E-state index in [2.05, 4.69) is 0 Å². The lowest BCUT2D eigenvalue weighted by Gasteiger charge is -2.08. The highest BCUT2D eigenvalue weighted by molar-refractivity contribution is 7.89. The van der Waals surface area contributed by atoms with Gasteiger partial charge in [-0.05, 0) is 19.1 Å². The Morgan fingerprint density at radius 3 is 2.25 bits per heavy atom. The van der Waals surface area contributed by atoms with Gasteiger partial charge < -0.3 is 5.11 Å². The summed E-state index contributed by atoms with van der Waals surface area (Å²) in [7, 11) is -3.99. The molecule has 0 aliphatic carbocycles. The quantitative estimate of drug-likeness (QED) is 0.824. The normalized spacial score (nSPS) is 13.8. The summed E-state index contributed by atoms with van der Waals surface area (Å²) in [5.74, 6) is -1.95. The third-order valence-corrected chi connectivity index (χ3v) is 3.12. The highest BCUT2D eigenvalue weighted by Gasteiger charge is 2.16. The second-order valence-electron chi connectivity index (χ2n) is 3.31. The molecule has 0 saturated carbocycles. The predicted octanol–water partition coefficient (Wildman–Crippen LogP) is 0.624. The van der Waals surface area contributed by atoms with Gasteiger partial charge in [0.15, 0.2) is 0 Å². The van der Waals surface area contributed by atoms with E-state index in [1.807, 2.05) is 4.72 Å². The number of hydrogen-bond donors (Lipinski definition) is 2. The molecule has 0 amide bonds. The molecule has 16 heavy (non-hydrogen) atoms. The van der Waals surface area contributed by atoms with E-state index in [1.54, 1.807) is 0 Å². The van der Waals surface area contributed by atoms with Gasteiger partial charge in [0.2, 0.25) is 10.0 Å². The Kier molecular flexibility index (Phi) is 3.95. The zero-order chi connectivity index (χ0) is 12.3. The Hall–Kier alpha value is -1.05. The fraction of sp³-hybridized carbons (Fsp3) is 0.333. The fourth-order valence-electron chi connectivity index (χ4n) is 0.997. The van der Waals surface area contributed by atoms with Gasteiger partial charge in [-0.25, -0.2) is 21.9 Å². The molecule has 2 N–H and O–H groups in total. The third kappa shape index (κ3) is 3.51. The van der Waals surface area contributed by atoms with E-state index in [0.29, 0.717) is 18.2 Å². The minimum atomic E-state index is -3.99. The van der Waals surface area contributed by atoms with Crippen molar-refractivity contribution in [2.45, 2.75) is 17.9 Å². The van der Waals surface area contributed by atoms with Crippen molar-refractivity contribution in [3.8, 4) is 0 Å². The largest absolute Gasteiger partial charge is 0.392 e. The summed E-state index contributed by atoms with van der Waals surface area (Å²) < 4.78 is 50.5. The standard InChI is InChI=1S/C9H11F2NO3S/c1-6(13)5-12-16(14,15)9-3-7(10)2-8(11)4-9/h2-4,6,12-13H,5H2,1H3. The minimum Gasteiger partial charge on any atom is -0.392 e. The number of rotatable bonds is 4. The molecular weight excluding hydrogens is 240 g/mol. The molecule has 0 spiro atoms. The average Bonchev–Trinajstić information content (AvgIpc) is 2.13. The first-order valence-electron chi connectivity index (χ1n) is 4.45. The Morgan fingerprint density at radius 1 is 1.31 bits per heavy atom. The lowest BCUT2D eigenvalue weighted by molar-refractivity contribution is 0.198. The number of hydrogen-bond acceptors (Lipinski definition) is 3. The molecule has 0 aliphatic rings. The van der Waals surface area contributed by atoms with Gasteiger partial charge in [-0.1, -0.05) is 0 Å².